The number of likely N-dealkylation sites (tertiary alicyclic amines) is 1. The van der Waals surface area contributed by atoms with Crippen LogP contribution in [0.3, 0.4) is 0 Å². The van der Waals surface area contributed by atoms with Crippen molar-refractivity contribution in [3.63, 3.8) is 0 Å². The van der Waals surface area contributed by atoms with Crippen LogP contribution in [0.5, 0.6) is 0 Å². The second-order valence-corrected chi connectivity index (χ2v) is 8.03. The van der Waals surface area contributed by atoms with Gasteiger partial charge in [-0.1, -0.05) is 11.6 Å². The molecule has 2 amide bonds. The molecule has 1 aromatic heterocycles. The predicted octanol–water partition coefficient (Wildman–Crippen LogP) is 2.23. The summed E-state index contributed by atoms with van der Waals surface area (Å²) in [7, 11) is 3.19. The Hall–Kier alpha value is -2.16. The Bertz CT molecular complexity index is 919. The lowest BCUT2D eigenvalue weighted by Crippen LogP contribution is -2.56. The first-order chi connectivity index (χ1) is 14.3. The molecule has 0 radical (unpaired) electrons. The summed E-state index contributed by atoms with van der Waals surface area (Å²) in [6.45, 7) is 2.48. The van der Waals surface area contributed by atoms with Gasteiger partial charge in [0.2, 0.25) is 11.8 Å². The van der Waals surface area contributed by atoms with E-state index in [1.54, 1.807) is 24.9 Å². The summed E-state index contributed by atoms with van der Waals surface area (Å²) in [6, 6.07) is 3.68. The van der Waals surface area contributed by atoms with Crippen LogP contribution in [0.4, 0.5) is 4.39 Å². The fourth-order valence-electron chi connectivity index (χ4n) is 4.05. The molecule has 2 heterocycles. The lowest BCUT2D eigenvalue weighted by atomic mass is 10.0. The number of hydrogen-bond donors (Lipinski definition) is 3. The number of ether oxygens (including phenoxy) is 1. The van der Waals surface area contributed by atoms with Gasteiger partial charge in [0, 0.05) is 30.6 Å². The highest BCUT2D eigenvalue weighted by molar-refractivity contribution is 6.31. The van der Waals surface area contributed by atoms with Crippen molar-refractivity contribution in [1.29, 1.82) is 0 Å². The van der Waals surface area contributed by atoms with Crippen molar-refractivity contribution in [2.75, 3.05) is 27.2 Å². The molecule has 0 spiro atoms. The summed E-state index contributed by atoms with van der Waals surface area (Å²) in [5.74, 6) is -0.770. The van der Waals surface area contributed by atoms with E-state index in [0.717, 1.165) is 23.8 Å². The Kier molecular flexibility index (Phi) is 7.33. The van der Waals surface area contributed by atoms with Crippen molar-refractivity contribution in [3.8, 4) is 0 Å². The van der Waals surface area contributed by atoms with Crippen LogP contribution in [-0.4, -0.2) is 67.1 Å². The van der Waals surface area contributed by atoms with Gasteiger partial charge in [0.05, 0.1) is 12.6 Å². The number of carbonyl (C=O) groups excluding carboxylic acids is 2. The highest BCUT2D eigenvalue weighted by atomic mass is 35.5. The van der Waals surface area contributed by atoms with Crippen LogP contribution in [0, 0.1) is 5.82 Å². The topological polar surface area (TPSA) is 86.5 Å². The first-order valence-corrected chi connectivity index (χ1v) is 10.5. The summed E-state index contributed by atoms with van der Waals surface area (Å²) in [5.41, 5.74) is 1.50. The van der Waals surface area contributed by atoms with E-state index < -0.39 is 12.1 Å². The van der Waals surface area contributed by atoms with E-state index in [4.69, 9.17) is 16.3 Å². The third-order valence-electron chi connectivity index (χ3n) is 5.68. The zero-order valence-electron chi connectivity index (χ0n) is 17.4. The average molecular weight is 439 g/mol. The number of rotatable bonds is 8. The maximum absolute atomic E-state index is 13.5. The van der Waals surface area contributed by atoms with E-state index in [-0.39, 0.29) is 30.2 Å². The van der Waals surface area contributed by atoms with Crippen LogP contribution in [0.15, 0.2) is 18.2 Å². The maximum Gasteiger partial charge on any atom is 0.248 e. The fraction of sp³-hybridized carbons (Fsp3) is 0.524. The molecule has 1 saturated heterocycles. The molecular weight excluding hydrogens is 411 g/mol. The van der Waals surface area contributed by atoms with E-state index in [1.165, 1.54) is 19.2 Å². The SMILES string of the molecule is CNCC(=O)NC(C(=O)N1CCCC1Cc1c(Cl)[nH]c2cc(F)ccc12)C(C)OC. The number of aromatic nitrogens is 1. The summed E-state index contributed by atoms with van der Waals surface area (Å²) < 4.78 is 18.9. The minimum atomic E-state index is -0.774. The number of benzene rings is 1. The van der Waals surface area contributed by atoms with Gasteiger partial charge >= 0.3 is 0 Å². The smallest absolute Gasteiger partial charge is 0.248 e. The molecule has 9 heteroatoms. The van der Waals surface area contributed by atoms with Crippen LogP contribution >= 0.6 is 11.6 Å². The van der Waals surface area contributed by atoms with Crippen LogP contribution < -0.4 is 10.6 Å². The molecule has 3 atom stereocenters. The molecule has 1 aromatic carbocycles. The predicted molar refractivity (Wildman–Crippen MR) is 114 cm³/mol. The molecule has 3 rings (SSSR count). The molecule has 0 aliphatic carbocycles. The lowest BCUT2D eigenvalue weighted by Gasteiger charge is -2.31. The van der Waals surface area contributed by atoms with Crippen molar-refractivity contribution in [2.45, 2.75) is 44.4 Å². The number of carbonyl (C=O) groups is 2. The van der Waals surface area contributed by atoms with E-state index in [2.05, 4.69) is 15.6 Å². The summed E-state index contributed by atoms with van der Waals surface area (Å²) in [4.78, 5) is 30.3. The second-order valence-electron chi connectivity index (χ2n) is 7.66. The number of H-pyrrole nitrogens is 1. The number of likely N-dealkylation sites (N-methyl/N-ethyl adjacent to an activating group) is 1. The number of hydrogen-bond acceptors (Lipinski definition) is 4. The van der Waals surface area contributed by atoms with E-state index in [9.17, 15) is 14.0 Å². The largest absolute Gasteiger partial charge is 0.379 e. The Morgan fingerprint density at radius 3 is 2.90 bits per heavy atom. The molecule has 30 heavy (non-hydrogen) atoms. The highest BCUT2D eigenvalue weighted by Crippen LogP contribution is 2.31. The van der Waals surface area contributed by atoms with Crippen LogP contribution in [0.25, 0.3) is 10.9 Å². The first-order valence-electron chi connectivity index (χ1n) is 10.1. The average Bonchev–Trinajstić information content (AvgIpc) is 3.29. The van der Waals surface area contributed by atoms with Crippen LogP contribution in [0.1, 0.15) is 25.3 Å². The molecule has 164 valence electrons. The third-order valence-corrected chi connectivity index (χ3v) is 6.00. The number of fused-ring (bicyclic) bond motifs is 1. The zero-order valence-corrected chi connectivity index (χ0v) is 18.2. The minimum absolute atomic E-state index is 0.0631. The van der Waals surface area contributed by atoms with Gasteiger partial charge in [0.1, 0.15) is 17.0 Å². The van der Waals surface area contributed by atoms with Crippen LogP contribution in [-0.2, 0) is 20.7 Å². The second kappa shape index (κ2) is 9.76. The van der Waals surface area contributed by atoms with Crippen molar-refractivity contribution in [2.24, 2.45) is 0 Å². The summed E-state index contributed by atoms with van der Waals surface area (Å²) in [5, 5.41) is 6.87. The van der Waals surface area contributed by atoms with Gasteiger partial charge in [0.25, 0.3) is 0 Å². The van der Waals surface area contributed by atoms with Gasteiger partial charge in [-0.2, -0.15) is 0 Å². The number of amides is 2. The van der Waals surface area contributed by atoms with Crippen molar-refractivity contribution in [1.82, 2.24) is 20.5 Å². The van der Waals surface area contributed by atoms with E-state index in [0.29, 0.717) is 23.6 Å². The molecule has 3 unspecified atom stereocenters. The standard InChI is InChI=1S/C21H28ClFN4O3/c1-12(30-3)19(26-18(28)11-24-2)21(29)27-8-4-5-14(27)10-16-15-7-6-13(23)9-17(15)25-20(16)22/h6-7,9,12,14,19,24-25H,4-5,8,10-11H2,1-3H3,(H,26,28). The number of halogens is 2. The minimum Gasteiger partial charge on any atom is -0.379 e. The number of methoxy groups -OCH3 is 1. The third kappa shape index (κ3) is 4.77. The molecule has 0 bridgehead atoms. The van der Waals surface area contributed by atoms with Crippen LogP contribution in [0.2, 0.25) is 5.15 Å². The number of aromatic amines is 1. The molecule has 1 fully saturated rings. The van der Waals surface area contributed by atoms with Gasteiger partial charge in [-0.05, 0) is 57.0 Å². The summed E-state index contributed by atoms with van der Waals surface area (Å²) >= 11 is 6.40. The normalized spacial score (nSPS) is 18.6. The first kappa shape index (κ1) is 22.5. The Morgan fingerprint density at radius 1 is 1.43 bits per heavy atom. The van der Waals surface area contributed by atoms with Crippen molar-refractivity contribution >= 4 is 34.3 Å². The Morgan fingerprint density at radius 2 is 2.20 bits per heavy atom. The lowest BCUT2D eigenvalue weighted by molar-refractivity contribution is -0.140. The van der Waals surface area contributed by atoms with Gasteiger partial charge in [-0.25, -0.2) is 4.39 Å². The van der Waals surface area contributed by atoms with Gasteiger partial charge in [-0.15, -0.1) is 0 Å². The fourth-order valence-corrected chi connectivity index (χ4v) is 4.33. The maximum atomic E-state index is 13.5. The van der Waals surface area contributed by atoms with Crippen molar-refractivity contribution in [3.05, 3.63) is 34.7 Å². The van der Waals surface area contributed by atoms with E-state index in [1.807, 2.05) is 0 Å². The molecule has 3 N–H and O–H groups in total. The zero-order chi connectivity index (χ0) is 21.8. The monoisotopic (exact) mass is 438 g/mol. The summed E-state index contributed by atoms with van der Waals surface area (Å²) in [6.07, 6.45) is 1.77. The molecular formula is C21H28ClFN4O3. The molecule has 0 saturated carbocycles. The van der Waals surface area contributed by atoms with Crippen molar-refractivity contribution < 1.29 is 18.7 Å². The Balaban J connectivity index is 1.81. The molecule has 1 aliphatic rings. The molecule has 2 aromatic rings. The molecule has 1 aliphatic heterocycles. The number of nitrogens with one attached hydrogen (secondary N) is 3. The van der Waals surface area contributed by atoms with Gasteiger partial charge in [-0.3, -0.25) is 9.59 Å². The van der Waals surface area contributed by atoms with E-state index >= 15 is 0 Å². The molecule has 7 nitrogen and oxygen atoms in total. The highest BCUT2D eigenvalue weighted by Gasteiger charge is 2.37. The van der Waals surface area contributed by atoms with Gasteiger partial charge < -0.3 is 25.3 Å². The quantitative estimate of drug-likeness (QED) is 0.590. The van der Waals surface area contributed by atoms with Gasteiger partial charge in [0.15, 0.2) is 0 Å². The number of nitrogens with zero attached hydrogens (tertiary/aromatic N) is 1. The Labute approximate surface area is 180 Å².